The van der Waals surface area contributed by atoms with Crippen LogP contribution >= 0.6 is 0 Å². The minimum atomic E-state index is -0.673. The number of rotatable bonds is 22. The Balaban J connectivity index is 0.996. The van der Waals surface area contributed by atoms with Crippen LogP contribution in [0.25, 0.3) is 11.0 Å². The number of hydrogen-bond donors (Lipinski definition) is 3. The first-order valence-corrected chi connectivity index (χ1v) is 23.4. The number of benzene rings is 4. The molecule has 2 saturated heterocycles. The van der Waals surface area contributed by atoms with Gasteiger partial charge in [0, 0.05) is 49.3 Å². The molecule has 5 aromatic rings. The summed E-state index contributed by atoms with van der Waals surface area (Å²) >= 11 is 0. The zero-order valence-electron chi connectivity index (χ0n) is 36.3. The van der Waals surface area contributed by atoms with Crippen molar-refractivity contribution in [2.24, 2.45) is 0 Å². The molecule has 9 nitrogen and oxygen atoms in total. The first kappa shape index (κ1) is 44.5. The SMILES string of the molecule is CCCCCCCCCCCCCCCC(=O)Nc1cccc(C2OC(CN3CCC(n4c(=O)[nH]c5ccccc54)CC3)C(c3ccccc3)C(c3ccc(CO)cc3)O2)c1. The van der Waals surface area contributed by atoms with Crippen LogP contribution in [0, 0.1) is 0 Å². The van der Waals surface area contributed by atoms with Crippen LogP contribution in [0.4, 0.5) is 5.69 Å². The fourth-order valence-electron chi connectivity index (χ4n) is 9.51. The maximum absolute atomic E-state index is 13.1. The molecule has 61 heavy (non-hydrogen) atoms. The number of nitrogens with zero attached hydrogens (tertiary/aromatic N) is 2. The number of aromatic amines is 1. The second kappa shape index (κ2) is 23.1. The quantitative estimate of drug-likeness (QED) is 0.0600. The van der Waals surface area contributed by atoms with Gasteiger partial charge >= 0.3 is 5.69 Å². The number of hydrogen-bond acceptors (Lipinski definition) is 6. The predicted molar refractivity (Wildman–Crippen MR) is 246 cm³/mol. The molecule has 3 N–H and O–H groups in total. The lowest BCUT2D eigenvalue weighted by atomic mass is 9.83. The molecule has 0 radical (unpaired) electrons. The molecule has 0 spiro atoms. The minimum absolute atomic E-state index is 0.0270. The Bertz CT molecular complexity index is 2120. The molecule has 1 amide bonds. The van der Waals surface area contributed by atoms with Gasteiger partial charge in [-0.15, -0.1) is 0 Å². The van der Waals surface area contributed by atoms with Gasteiger partial charge in [-0.2, -0.15) is 0 Å². The van der Waals surface area contributed by atoms with E-state index in [4.69, 9.17) is 9.47 Å². The molecule has 2 aliphatic rings. The summed E-state index contributed by atoms with van der Waals surface area (Å²) in [5.74, 6) is -0.0810. The van der Waals surface area contributed by atoms with Gasteiger partial charge in [-0.1, -0.05) is 163 Å². The molecule has 3 heterocycles. The highest BCUT2D eigenvalue weighted by Gasteiger charge is 2.43. The fraction of sp³-hybridized carbons (Fsp3) is 0.500. The zero-order chi connectivity index (χ0) is 42.2. The Morgan fingerprint density at radius 3 is 2.05 bits per heavy atom. The highest BCUT2D eigenvalue weighted by Crippen LogP contribution is 2.47. The normalized spacial score (nSPS) is 20.0. The van der Waals surface area contributed by atoms with E-state index in [1.165, 1.54) is 70.6 Å². The van der Waals surface area contributed by atoms with Gasteiger partial charge in [-0.25, -0.2) is 4.79 Å². The molecule has 0 bridgehead atoms. The smallest absolute Gasteiger partial charge is 0.326 e. The van der Waals surface area contributed by atoms with Crippen LogP contribution in [0.3, 0.4) is 0 Å². The summed E-state index contributed by atoms with van der Waals surface area (Å²) < 4.78 is 16.0. The molecule has 1 aromatic heterocycles. The highest BCUT2D eigenvalue weighted by atomic mass is 16.7. The van der Waals surface area contributed by atoms with Crippen molar-refractivity contribution in [1.82, 2.24) is 14.5 Å². The van der Waals surface area contributed by atoms with Gasteiger partial charge in [0.2, 0.25) is 5.91 Å². The van der Waals surface area contributed by atoms with Crippen molar-refractivity contribution in [3.8, 4) is 0 Å². The second-order valence-corrected chi connectivity index (χ2v) is 17.4. The van der Waals surface area contributed by atoms with Crippen LogP contribution in [0.1, 0.15) is 156 Å². The molecule has 2 fully saturated rings. The molecule has 0 saturated carbocycles. The number of amides is 1. The van der Waals surface area contributed by atoms with Gasteiger partial charge in [0.15, 0.2) is 6.29 Å². The van der Waals surface area contributed by atoms with E-state index in [2.05, 4.69) is 58.5 Å². The van der Waals surface area contributed by atoms with E-state index in [1.807, 2.05) is 71.3 Å². The molecule has 0 aliphatic carbocycles. The number of aliphatic hydroxyl groups is 1. The first-order chi connectivity index (χ1) is 30.0. The van der Waals surface area contributed by atoms with Crippen LogP contribution in [0.15, 0.2) is 108 Å². The van der Waals surface area contributed by atoms with Crippen molar-refractivity contribution < 1.29 is 19.4 Å². The number of H-pyrrole nitrogens is 1. The number of fused-ring (bicyclic) bond motifs is 1. The van der Waals surface area contributed by atoms with Crippen LogP contribution in [-0.4, -0.2) is 51.2 Å². The largest absolute Gasteiger partial charge is 0.392 e. The Morgan fingerprint density at radius 2 is 1.36 bits per heavy atom. The van der Waals surface area contributed by atoms with E-state index in [9.17, 15) is 14.7 Å². The maximum atomic E-state index is 13.1. The number of likely N-dealkylation sites (tertiary alicyclic amines) is 1. The van der Waals surface area contributed by atoms with Crippen molar-refractivity contribution in [1.29, 1.82) is 0 Å². The number of ether oxygens (including phenoxy) is 2. The van der Waals surface area contributed by atoms with Gasteiger partial charge in [0.1, 0.15) is 0 Å². The summed E-state index contributed by atoms with van der Waals surface area (Å²) in [6.07, 6.45) is 17.6. The molecule has 7 rings (SSSR count). The van der Waals surface area contributed by atoms with Crippen molar-refractivity contribution >= 4 is 22.6 Å². The monoisotopic (exact) mass is 829 g/mol. The lowest BCUT2D eigenvalue weighted by molar-refractivity contribution is -0.264. The van der Waals surface area contributed by atoms with E-state index < -0.39 is 6.29 Å². The third kappa shape index (κ3) is 12.3. The van der Waals surface area contributed by atoms with Crippen molar-refractivity contribution in [3.05, 3.63) is 136 Å². The number of nitrogens with one attached hydrogen (secondary N) is 2. The second-order valence-electron chi connectivity index (χ2n) is 17.4. The number of para-hydroxylation sites is 2. The Labute approximate surface area is 362 Å². The average Bonchev–Trinajstić information content (AvgIpc) is 3.63. The van der Waals surface area contributed by atoms with Crippen molar-refractivity contribution in [2.75, 3.05) is 25.0 Å². The molecule has 2 aliphatic heterocycles. The Kier molecular flexibility index (Phi) is 16.8. The summed E-state index contributed by atoms with van der Waals surface area (Å²) in [6.45, 7) is 4.60. The summed E-state index contributed by atoms with van der Waals surface area (Å²) in [5, 5.41) is 13.0. The Morgan fingerprint density at radius 1 is 0.721 bits per heavy atom. The topological polar surface area (TPSA) is 109 Å². The van der Waals surface area contributed by atoms with E-state index in [1.54, 1.807) is 0 Å². The molecule has 326 valence electrons. The van der Waals surface area contributed by atoms with Gasteiger partial charge < -0.3 is 29.8 Å². The number of imidazole rings is 1. The number of piperidine rings is 1. The number of unbranched alkanes of at least 4 members (excludes halogenated alkanes) is 12. The van der Waals surface area contributed by atoms with Gasteiger partial charge in [-0.3, -0.25) is 9.36 Å². The number of aromatic nitrogens is 2. The Hall–Kier alpha value is -4.54. The first-order valence-electron chi connectivity index (χ1n) is 23.4. The van der Waals surface area contributed by atoms with E-state index in [0.29, 0.717) is 13.0 Å². The summed E-state index contributed by atoms with van der Waals surface area (Å²) in [4.78, 5) is 31.7. The highest BCUT2D eigenvalue weighted by molar-refractivity contribution is 5.90. The van der Waals surface area contributed by atoms with Crippen molar-refractivity contribution in [2.45, 2.75) is 147 Å². The van der Waals surface area contributed by atoms with Crippen LogP contribution in [-0.2, 0) is 20.9 Å². The fourth-order valence-corrected chi connectivity index (χ4v) is 9.51. The van der Waals surface area contributed by atoms with Crippen LogP contribution in [0.5, 0.6) is 0 Å². The van der Waals surface area contributed by atoms with Gasteiger partial charge in [-0.05, 0) is 60.2 Å². The number of anilines is 1. The van der Waals surface area contributed by atoms with E-state index >= 15 is 0 Å². The minimum Gasteiger partial charge on any atom is -0.392 e. The van der Waals surface area contributed by atoms with E-state index in [-0.39, 0.29) is 42.4 Å². The van der Waals surface area contributed by atoms with E-state index in [0.717, 1.165) is 77.7 Å². The molecule has 9 heteroatoms. The number of carbonyl (C=O) groups is 1. The van der Waals surface area contributed by atoms with Crippen LogP contribution in [0.2, 0.25) is 0 Å². The number of carbonyl (C=O) groups excluding carboxylic acids is 1. The summed E-state index contributed by atoms with van der Waals surface area (Å²) in [7, 11) is 0. The summed E-state index contributed by atoms with van der Waals surface area (Å²) in [5.41, 5.74) is 6.37. The molecule has 4 atom stereocenters. The zero-order valence-corrected chi connectivity index (χ0v) is 36.3. The lowest BCUT2D eigenvalue weighted by Gasteiger charge is -2.45. The number of aliphatic hydroxyl groups excluding tert-OH is 1. The molecule has 4 unspecified atom stereocenters. The predicted octanol–water partition coefficient (Wildman–Crippen LogP) is 11.5. The molecule has 4 aromatic carbocycles. The van der Waals surface area contributed by atoms with Gasteiger partial charge in [0.25, 0.3) is 0 Å². The van der Waals surface area contributed by atoms with Crippen LogP contribution < -0.4 is 11.0 Å². The van der Waals surface area contributed by atoms with Gasteiger partial charge in [0.05, 0.1) is 29.8 Å². The average molecular weight is 829 g/mol. The molecular formula is C52H68N4O5. The maximum Gasteiger partial charge on any atom is 0.326 e. The third-order valence-corrected chi connectivity index (χ3v) is 12.9. The third-order valence-electron chi connectivity index (χ3n) is 12.9. The lowest BCUT2D eigenvalue weighted by Crippen LogP contribution is -2.47. The molecular weight excluding hydrogens is 761 g/mol. The summed E-state index contributed by atoms with van der Waals surface area (Å²) in [6, 6.07) is 34.5. The van der Waals surface area contributed by atoms with Crippen molar-refractivity contribution in [3.63, 3.8) is 0 Å². The standard InChI is InChI=1S/C52H68N4O5/c1-2-3-4-5-6-7-8-9-10-11-12-13-17-27-48(58)53-43-24-20-23-42(36-43)51-60-47(37-55-34-32-44(33-35-55)56-46-26-19-18-25-45(46)54-52(56)59)49(40-21-15-14-16-22-40)50(61-51)41-30-28-39(38-57)29-31-41/h14-16,18-26,28-31,36,44,47,49-51,57H,2-13,17,27,32-35,37-38H2,1H3,(H,53,58)(H,54,59).